The molecule has 0 amide bonds. The Morgan fingerprint density at radius 2 is 2.15 bits per heavy atom. The number of hydrogen-bond donors (Lipinski definition) is 2. The molecule has 1 atom stereocenters. The summed E-state index contributed by atoms with van der Waals surface area (Å²) in [5, 5.41) is 13.5. The van der Waals surface area contributed by atoms with Gasteiger partial charge in [-0.2, -0.15) is 0 Å². The van der Waals surface area contributed by atoms with E-state index in [9.17, 15) is 5.11 Å². The Labute approximate surface area is 136 Å². The van der Waals surface area contributed by atoms with Crippen molar-refractivity contribution in [3.05, 3.63) is 49.6 Å². The lowest BCUT2D eigenvalue weighted by atomic mass is 10.0. The average Bonchev–Trinajstić information content (AvgIpc) is 2.84. The molecule has 0 aliphatic rings. The molecule has 2 nitrogen and oxygen atoms in total. The van der Waals surface area contributed by atoms with E-state index in [1.165, 1.54) is 4.88 Å². The molecule has 0 fully saturated rings. The van der Waals surface area contributed by atoms with Crippen molar-refractivity contribution >= 4 is 38.9 Å². The van der Waals surface area contributed by atoms with Gasteiger partial charge in [0.05, 0.1) is 4.34 Å². The molecule has 0 aliphatic heterocycles. The Morgan fingerprint density at radius 1 is 1.35 bits per heavy atom. The summed E-state index contributed by atoms with van der Waals surface area (Å²) in [5.41, 5.74) is 0.936. The summed E-state index contributed by atoms with van der Waals surface area (Å²) in [6.07, 6.45) is 1.87. The number of thiophene rings is 1. The predicted molar refractivity (Wildman–Crippen MR) is 89.9 cm³/mol. The van der Waals surface area contributed by atoms with E-state index in [1.807, 2.05) is 18.2 Å². The lowest BCUT2D eigenvalue weighted by Gasteiger charge is -2.18. The van der Waals surface area contributed by atoms with Crippen LogP contribution >= 0.6 is 38.9 Å². The fourth-order valence-corrected chi connectivity index (χ4v) is 3.60. The van der Waals surface area contributed by atoms with Crippen molar-refractivity contribution in [1.82, 2.24) is 5.32 Å². The fraction of sp³-hybridized carbons (Fsp3) is 0.333. The summed E-state index contributed by atoms with van der Waals surface area (Å²) in [7, 11) is 0. The summed E-state index contributed by atoms with van der Waals surface area (Å²) in [6, 6.07) is 9.69. The van der Waals surface area contributed by atoms with Crippen molar-refractivity contribution in [2.45, 2.75) is 25.8 Å². The first kappa shape index (κ1) is 15.8. The van der Waals surface area contributed by atoms with Gasteiger partial charge in [-0.25, -0.2) is 0 Å². The van der Waals surface area contributed by atoms with E-state index < -0.39 is 0 Å². The molecule has 20 heavy (non-hydrogen) atoms. The first-order chi connectivity index (χ1) is 9.60. The summed E-state index contributed by atoms with van der Waals surface area (Å²) in [5.74, 6) is 0.340. The number of rotatable bonds is 6. The summed E-state index contributed by atoms with van der Waals surface area (Å²) in [6.45, 7) is 2.97. The summed E-state index contributed by atoms with van der Waals surface area (Å²) < 4.78 is 1.81. The third-order valence-electron chi connectivity index (χ3n) is 3.16. The minimum atomic E-state index is 0.155. The first-order valence-corrected chi connectivity index (χ1v) is 8.55. The molecule has 1 aromatic carbocycles. The third-order valence-corrected chi connectivity index (χ3v) is 4.95. The van der Waals surface area contributed by atoms with Gasteiger partial charge in [0, 0.05) is 27.5 Å². The van der Waals surface area contributed by atoms with Gasteiger partial charge in [0.15, 0.2) is 0 Å². The van der Waals surface area contributed by atoms with Gasteiger partial charge in [-0.05, 0) is 43.2 Å². The van der Waals surface area contributed by atoms with Crippen LogP contribution in [0.4, 0.5) is 0 Å². The number of hydrogen-bond acceptors (Lipinski definition) is 3. The van der Waals surface area contributed by atoms with E-state index in [4.69, 9.17) is 11.6 Å². The Kier molecular flexibility index (Phi) is 5.90. The molecule has 0 radical (unpaired) electrons. The van der Waals surface area contributed by atoms with Crippen LogP contribution in [0.1, 0.15) is 29.8 Å². The van der Waals surface area contributed by atoms with Crippen LogP contribution in [0.15, 0.2) is 34.8 Å². The highest BCUT2D eigenvalue weighted by molar-refractivity contribution is 9.10. The Bertz CT molecular complexity index is 573. The van der Waals surface area contributed by atoms with Crippen molar-refractivity contribution in [2.24, 2.45) is 0 Å². The normalized spacial score (nSPS) is 12.6. The second kappa shape index (κ2) is 7.46. The maximum Gasteiger partial charge on any atom is 0.120 e. The molecule has 0 spiro atoms. The van der Waals surface area contributed by atoms with Crippen LogP contribution in [-0.4, -0.2) is 11.7 Å². The molecule has 0 saturated heterocycles. The molecule has 1 aromatic heterocycles. The summed E-state index contributed by atoms with van der Waals surface area (Å²) in [4.78, 5) is 1.27. The molecule has 0 bridgehead atoms. The van der Waals surface area contributed by atoms with Gasteiger partial charge in [0.2, 0.25) is 0 Å². The lowest BCUT2D eigenvalue weighted by molar-refractivity contribution is 0.442. The molecule has 2 N–H and O–H groups in total. The summed E-state index contributed by atoms with van der Waals surface area (Å²) >= 11 is 11.0. The molecule has 1 unspecified atom stereocenters. The minimum Gasteiger partial charge on any atom is -0.508 e. The van der Waals surface area contributed by atoms with E-state index in [0.717, 1.165) is 33.8 Å². The van der Waals surface area contributed by atoms with E-state index in [-0.39, 0.29) is 6.04 Å². The van der Waals surface area contributed by atoms with Crippen LogP contribution in [0.5, 0.6) is 5.75 Å². The predicted octanol–water partition coefficient (Wildman–Crippen LogP) is 5.15. The molecule has 0 saturated carbocycles. The highest BCUT2D eigenvalue weighted by Gasteiger charge is 2.13. The maximum atomic E-state index is 9.98. The number of halogens is 2. The van der Waals surface area contributed by atoms with Crippen LogP contribution in [0.25, 0.3) is 0 Å². The van der Waals surface area contributed by atoms with Crippen molar-refractivity contribution < 1.29 is 5.11 Å². The number of nitrogens with one attached hydrogen (secondary N) is 1. The van der Waals surface area contributed by atoms with Crippen molar-refractivity contribution in [1.29, 1.82) is 0 Å². The van der Waals surface area contributed by atoms with Gasteiger partial charge in [0.1, 0.15) is 5.75 Å². The zero-order chi connectivity index (χ0) is 14.5. The molecule has 5 heteroatoms. The van der Waals surface area contributed by atoms with Crippen LogP contribution < -0.4 is 5.32 Å². The van der Waals surface area contributed by atoms with Gasteiger partial charge in [-0.1, -0.05) is 34.5 Å². The number of phenolic OH excluding ortho intramolecular Hbond substituents is 1. The van der Waals surface area contributed by atoms with E-state index in [1.54, 1.807) is 17.4 Å². The van der Waals surface area contributed by atoms with Crippen LogP contribution in [-0.2, 0) is 6.42 Å². The van der Waals surface area contributed by atoms with E-state index in [2.05, 4.69) is 34.2 Å². The minimum absolute atomic E-state index is 0.155. The average molecular weight is 375 g/mol. The zero-order valence-corrected chi connectivity index (χ0v) is 14.4. The monoisotopic (exact) mass is 373 g/mol. The van der Waals surface area contributed by atoms with Crippen molar-refractivity contribution in [3.8, 4) is 5.75 Å². The Hall–Kier alpha value is -0.550. The standard InChI is InChI=1S/C15H17BrClNOS/c1-2-13(12-9-10(16)3-5-14(12)19)18-8-7-11-4-6-15(17)20-11/h3-6,9,13,18-19H,2,7-8H2,1H3. The Balaban J connectivity index is 1.96. The topological polar surface area (TPSA) is 32.3 Å². The van der Waals surface area contributed by atoms with Gasteiger partial charge in [-0.15, -0.1) is 11.3 Å². The lowest BCUT2D eigenvalue weighted by Crippen LogP contribution is -2.23. The van der Waals surface area contributed by atoms with Crippen LogP contribution in [0, 0.1) is 0 Å². The third kappa shape index (κ3) is 4.22. The smallest absolute Gasteiger partial charge is 0.120 e. The van der Waals surface area contributed by atoms with Crippen LogP contribution in [0.3, 0.4) is 0 Å². The molecule has 2 aromatic rings. The number of benzene rings is 1. The molecule has 0 aliphatic carbocycles. The highest BCUT2D eigenvalue weighted by Crippen LogP contribution is 2.29. The molecule has 1 heterocycles. The highest BCUT2D eigenvalue weighted by atomic mass is 79.9. The second-order valence-electron chi connectivity index (χ2n) is 4.57. The van der Waals surface area contributed by atoms with Crippen molar-refractivity contribution in [3.63, 3.8) is 0 Å². The first-order valence-electron chi connectivity index (χ1n) is 6.56. The quantitative estimate of drug-likeness (QED) is 0.732. The second-order valence-corrected chi connectivity index (χ2v) is 7.29. The zero-order valence-electron chi connectivity index (χ0n) is 11.2. The van der Waals surface area contributed by atoms with Crippen LogP contribution in [0.2, 0.25) is 4.34 Å². The SMILES string of the molecule is CCC(NCCc1ccc(Cl)s1)c1cc(Br)ccc1O. The van der Waals surface area contributed by atoms with E-state index >= 15 is 0 Å². The van der Waals surface area contributed by atoms with Gasteiger partial charge in [0.25, 0.3) is 0 Å². The largest absolute Gasteiger partial charge is 0.508 e. The van der Waals surface area contributed by atoms with Gasteiger partial charge in [-0.3, -0.25) is 0 Å². The number of phenols is 1. The van der Waals surface area contributed by atoms with Gasteiger partial charge < -0.3 is 10.4 Å². The molecular formula is C15H17BrClNOS. The number of aromatic hydroxyl groups is 1. The maximum absolute atomic E-state index is 9.98. The fourth-order valence-electron chi connectivity index (χ4n) is 2.13. The molecule has 2 rings (SSSR count). The molecular weight excluding hydrogens is 358 g/mol. The molecule has 108 valence electrons. The Morgan fingerprint density at radius 3 is 2.80 bits per heavy atom. The van der Waals surface area contributed by atoms with Crippen molar-refractivity contribution in [2.75, 3.05) is 6.54 Å². The van der Waals surface area contributed by atoms with Gasteiger partial charge >= 0.3 is 0 Å². The van der Waals surface area contributed by atoms with E-state index in [0.29, 0.717) is 5.75 Å².